The van der Waals surface area contributed by atoms with Crippen LogP contribution in [0.4, 0.5) is 26.3 Å². The first-order valence-electron chi connectivity index (χ1n) is 8.34. The largest absolute Gasteiger partial charge is 0.416 e. The molecule has 0 unspecified atom stereocenters. The molecular formula is C17H16F6N2O2. The van der Waals surface area contributed by atoms with Crippen molar-refractivity contribution in [2.24, 2.45) is 5.92 Å². The summed E-state index contributed by atoms with van der Waals surface area (Å²) in [7, 11) is 0. The number of hydrogen-bond donors (Lipinski definition) is 0. The maximum absolute atomic E-state index is 12.9. The standard InChI is InChI=1S/C17H16F6N2O2/c18-16(19,20)12-7-11(8-13(9-12)17(21,22)23)15(27)25-5-3-24(4-6-25)14(26)10-1-2-10/h7-10H,1-6H2. The van der Waals surface area contributed by atoms with Crippen LogP contribution < -0.4 is 0 Å². The van der Waals surface area contributed by atoms with Gasteiger partial charge in [0, 0.05) is 37.7 Å². The van der Waals surface area contributed by atoms with Gasteiger partial charge in [0.25, 0.3) is 5.91 Å². The van der Waals surface area contributed by atoms with E-state index >= 15 is 0 Å². The van der Waals surface area contributed by atoms with Crippen molar-refractivity contribution in [1.29, 1.82) is 0 Å². The molecule has 2 fully saturated rings. The minimum Gasteiger partial charge on any atom is -0.339 e. The topological polar surface area (TPSA) is 40.6 Å². The van der Waals surface area contributed by atoms with Crippen LogP contribution in [0, 0.1) is 5.92 Å². The van der Waals surface area contributed by atoms with Gasteiger partial charge in [0.1, 0.15) is 0 Å². The summed E-state index contributed by atoms with van der Waals surface area (Å²) >= 11 is 0. The lowest BCUT2D eigenvalue weighted by Gasteiger charge is -2.35. The summed E-state index contributed by atoms with van der Waals surface area (Å²) in [5.41, 5.74) is -3.72. The number of nitrogens with zero attached hydrogens (tertiary/aromatic N) is 2. The Hall–Kier alpha value is -2.26. The number of halogens is 6. The van der Waals surface area contributed by atoms with E-state index in [2.05, 4.69) is 0 Å². The Kier molecular flexibility index (Phi) is 4.85. The lowest BCUT2D eigenvalue weighted by molar-refractivity contribution is -0.143. The van der Waals surface area contributed by atoms with Crippen LogP contribution in [0.15, 0.2) is 18.2 Å². The minimum absolute atomic E-state index is 0.00469. The Labute approximate surface area is 150 Å². The maximum Gasteiger partial charge on any atom is 0.416 e. The number of hydrogen-bond acceptors (Lipinski definition) is 2. The molecule has 2 aliphatic rings. The molecule has 1 aliphatic carbocycles. The second-order valence-electron chi connectivity index (χ2n) is 6.69. The number of piperazine rings is 1. The number of rotatable bonds is 2. The maximum atomic E-state index is 12.9. The SMILES string of the molecule is O=C(c1cc(C(F)(F)F)cc(C(F)(F)F)c1)N1CCN(C(=O)C2CC2)CC1. The number of carbonyl (C=O) groups excluding carboxylic acids is 2. The first kappa shape index (κ1) is 19.5. The zero-order valence-corrected chi connectivity index (χ0v) is 14.0. The van der Waals surface area contributed by atoms with Gasteiger partial charge in [-0.15, -0.1) is 0 Å². The smallest absolute Gasteiger partial charge is 0.339 e. The molecule has 0 spiro atoms. The quantitative estimate of drug-likeness (QED) is 0.722. The fourth-order valence-electron chi connectivity index (χ4n) is 2.98. The highest BCUT2D eigenvalue weighted by atomic mass is 19.4. The van der Waals surface area contributed by atoms with Crippen LogP contribution in [0.1, 0.15) is 34.3 Å². The number of amides is 2. The predicted octanol–water partition coefficient (Wildman–Crippen LogP) is 3.42. The van der Waals surface area contributed by atoms with Crippen molar-refractivity contribution in [3.63, 3.8) is 0 Å². The molecular weight excluding hydrogens is 378 g/mol. The minimum atomic E-state index is -5.01. The van der Waals surface area contributed by atoms with Gasteiger partial charge < -0.3 is 9.80 Å². The normalized spacial score (nSPS) is 18.6. The molecule has 27 heavy (non-hydrogen) atoms. The van der Waals surface area contributed by atoms with Gasteiger partial charge in [-0.2, -0.15) is 26.3 Å². The third-order valence-electron chi connectivity index (χ3n) is 4.64. The number of carbonyl (C=O) groups is 2. The molecule has 1 heterocycles. The fourth-order valence-corrected chi connectivity index (χ4v) is 2.98. The van der Waals surface area contributed by atoms with E-state index in [9.17, 15) is 35.9 Å². The van der Waals surface area contributed by atoms with E-state index in [0.717, 1.165) is 12.8 Å². The lowest BCUT2D eigenvalue weighted by atomic mass is 10.0. The molecule has 1 saturated heterocycles. The third-order valence-corrected chi connectivity index (χ3v) is 4.64. The van der Waals surface area contributed by atoms with Crippen LogP contribution in [0.5, 0.6) is 0 Å². The molecule has 1 aromatic carbocycles. The molecule has 148 valence electrons. The second kappa shape index (κ2) is 6.72. The Bertz CT molecular complexity index is 715. The van der Waals surface area contributed by atoms with E-state index in [-0.39, 0.29) is 44.1 Å². The summed E-state index contributed by atoms with van der Waals surface area (Å²) in [5.74, 6) is -0.921. The summed E-state index contributed by atoms with van der Waals surface area (Å²) in [6.45, 7) is 0.558. The van der Waals surface area contributed by atoms with Crippen LogP contribution in [0.3, 0.4) is 0 Å². The molecule has 0 bridgehead atoms. The molecule has 0 radical (unpaired) electrons. The molecule has 4 nitrogen and oxygen atoms in total. The first-order chi connectivity index (χ1) is 12.5. The van der Waals surface area contributed by atoms with Gasteiger partial charge >= 0.3 is 12.4 Å². The van der Waals surface area contributed by atoms with E-state index in [4.69, 9.17) is 0 Å². The second-order valence-corrected chi connectivity index (χ2v) is 6.69. The molecule has 1 aromatic rings. The number of benzene rings is 1. The van der Waals surface area contributed by atoms with E-state index < -0.39 is 35.0 Å². The van der Waals surface area contributed by atoms with E-state index in [1.165, 1.54) is 4.90 Å². The monoisotopic (exact) mass is 394 g/mol. The van der Waals surface area contributed by atoms with Crippen LogP contribution in [0.25, 0.3) is 0 Å². The first-order valence-corrected chi connectivity index (χ1v) is 8.34. The molecule has 2 amide bonds. The molecule has 0 atom stereocenters. The molecule has 0 aromatic heterocycles. The van der Waals surface area contributed by atoms with Crippen LogP contribution in [0.2, 0.25) is 0 Å². The van der Waals surface area contributed by atoms with Crippen molar-refractivity contribution in [2.75, 3.05) is 26.2 Å². The van der Waals surface area contributed by atoms with E-state index in [1.807, 2.05) is 0 Å². The lowest BCUT2D eigenvalue weighted by Crippen LogP contribution is -2.51. The molecule has 1 saturated carbocycles. The highest BCUT2D eigenvalue weighted by Gasteiger charge is 2.39. The Morgan fingerprint density at radius 2 is 1.22 bits per heavy atom. The van der Waals surface area contributed by atoms with Crippen molar-refractivity contribution in [3.05, 3.63) is 34.9 Å². The van der Waals surface area contributed by atoms with Crippen molar-refractivity contribution >= 4 is 11.8 Å². The Balaban J connectivity index is 1.79. The van der Waals surface area contributed by atoms with Crippen molar-refractivity contribution in [3.8, 4) is 0 Å². The van der Waals surface area contributed by atoms with Crippen molar-refractivity contribution in [1.82, 2.24) is 9.80 Å². The fraction of sp³-hybridized carbons (Fsp3) is 0.529. The third kappa shape index (κ3) is 4.36. The average Bonchev–Trinajstić information content (AvgIpc) is 3.44. The van der Waals surface area contributed by atoms with Gasteiger partial charge in [-0.25, -0.2) is 0 Å². The van der Waals surface area contributed by atoms with Gasteiger partial charge in [0.15, 0.2) is 0 Å². The molecule has 0 N–H and O–H groups in total. The van der Waals surface area contributed by atoms with Gasteiger partial charge in [-0.05, 0) is 31.0 Å². The zero-order chi connectivity index (χ0) is 20.0. The van der Waals surface area contributed by atoms with Crippen molar-refractivity contribution in [2.45, 2.75) is 25.2 Å². The summed E-state index contributed by atoms with van der Waals surface area (Å²) < 4.78 is 77.6. The van der Waals surface area contributed by atoms with Crippen LogP contribution in [-0.4, -0.2) is 47.8 Å². The molecule has 10 heteroatoms. The molecule has 3 rings (SSSR count). The summed E-state index contributed by atoms with van der Waals surface area (Å²) in [6, 6.07) is 0.849. The average molecular weight is 394 g/mol. The summed E-state index contributed by atoms with van der Waals surface area (Å²) in [6.07, 6.45) is -8.37. The molecule has 1 aliphatic heterocycles. The highest BCUT2D eigenvalue weighted by molar-refractivity contribution is 5.95. The number of alkyl halides is 6. The van der Waals surface area contributed by atoms with E-state index in [0.29, 0.717) is 12.1 Å². The van der Waals surface area contributed by atoms with Crippen molar-refractivity contribution < 1.29 is 35.9 Å². The van der Waals surface area contributed by atoms with Gasteiger partial charge in [-0.1, -0.05) is 0 Å². The Morgan fingerprint density at radius 1 is 0.778 bits per heavy atom. The van der Waals surface area contributed by atoms with Gasteiger partial charge in [-0.3, -0.25) is 9.59 Å². The van der Waals surface area contributed by atoms with Gasteiger partial charge in [0.2, 0.25) is 5.91 Å². The predicted molar refractivity (Wildman–Crippen MR) is 81.7 cm³/mol. The zero-order valence-electron chi connectivity index (χ0n) is 14.0. The van der Waals surface area contributed by atoms with Gasteiger partial charge in [0.05, 0.1) is 11.1 Å². The van der Waals surface area contributed by atoms with Crippen LogP contribution in [-0.2, 0) is 17.1 Å². The summed E-state index contributed by atoms with van der Waals surface area (Å²) in [5, 5.41) is 0. The van der Waals surface area contributed by atoms with Crippen LogP contribution >= 0.6 is 0 Å². The highest BCUT2D eigenvalue weighted by Crippen LogP contribution is 2.36. The Morgan fingerprint density at radius 3 is 1.63 bits per heavy atom. The van der Waals surface area contributed by atoms with E-state index in [1.54, 1.807) is 4.90 Å². The summed E-state index contributed by atoms with van der Waals surface area (Å²) in [4.78, 5) is 27.2.